The van der Waals surface area contributed by atoms with E-state index in [1.165, 1.54) is 0 Å². The van der Waals surface area contributed by atoms with Crippen molar-refractivity contribution in [2.45, 2.75) is 0 Å². The van der Waals surface area contributed by atoms with E-state index >= 15 is 0 Å². The maximum atomic E-state index is 0. The Kier molecular flexibility index (Phi) is 117. The van der Waals surface area contributed by atoms with Crippen molar-refractivity contribution in [3.63, 3.8) is 0 Å². The molecule has 0 aliphatic rings. The molecule has 0 aliphatic heterocycles. The molecule has 0 N–H and O–H groups in total. The average molecular weight is 382 g/mol. The molecule has 11 radical (unpaired) electrons. The molecule has 0 saturated heterocycles. The summed E-state index contributed by atoms with van der Waals surface area (Å²) in [6.07, 6.45) is 0. The van der Waals surface area contributed by atoms with Gasteiger partial charge in [-0.05, 0) is 0 Å². The second kappa shape index (κ2) is 16.7. The quantitative estimate of drug-likeness (QED) is 0.447. The molecule has 0 aromatic heterocycles. The molecule has 4 heteroatoms. The molecule has 0 spiro atoms. The maximum absolute atomic E-state index is 0. The van der Waals surface area contributed by atoms with E-state index in [1.54, 1.807) is 0 Å². The van der Waals surface area contributed by atoms with Crippen molar-refractivity contribution in [2.24, 2.45) is 0 Å². The van der Waals surface area contributed by atoms with E-state index in [4.69, 9.17) is 0 Å². The van der Waals surface area contributed by atoms with Gasteiger partial charge in [-0.3, -0.25) is 0 Å². The van der Waals surface area contributed by atoms with Crippen LogP contribution in [0.2, 0.25) is 0 Å². The number of rotatable bonds is 0. The van der Waals surface area contributed by atoms with Crippen molar-refractivity contribution in [1.82, 2.24) is 0 Å². The molecule has 0 saturated carbocycles. The monoisotopic (exact) mass is 381 g/mol. The van der Waals surface area contributed by atoms with Crippen molar-refractivity contribution >= 4 is 91.0 Å². The van der Waals surface area contributed by atoms with Crippen LogP contribution in [0.15, 0.2) is 0 Å². The van der Waals surface area contributed by atoms with Crippen molar-refractivity contribution in [3.8, 4) is 0 Å². The average Bonchev–Trinajstić information content (AvgIpc) is 0. The summed E-state index contributed by atoms with van der Waals surface area (Å²) < 4.78 is 0. The van der Waals surface area contributed by atoms with Gasteiger partial charge in [0.2, 0.25) is 0 Å². The van der Waals surface area contributed by atoms with Gasteiger partial charge in [-0.2, -0.15) is 0 Å². The van der Waals surface area contributed by atoms with Crippen molar-refractivity contribution in [1.29, 1.82) is 0 Å². The summed E-state index contributed by atoms with van der Waals surface area (Å²) in [7, 11) is 0. The molecule has 0 bridgehead atoms. The Labute approximate surface area is 89.3 Å². The second-order valence-corrected chi connectivity index (χ2v) is 0. The molecule has 0 aromatic rings. The molecule has 0 aliphatic carbocycles. The summed E-state index contributed by atoms with van der Waals surface area (Å²) in [5.74, 6) is 0. The van der Waals surface area contributed by atoms with Crippen molar-refractivity contribution < 1.29 is 0 Å². The molecule has 0 aromatic carbocycles. The molecule has 0 heterocycles. The first-order chi connectivity index (χ1) is 0. The standard InChI is InChI=1S/Al.Bi.Mg.Sb. The number of hydrogen-bond acceptors (Lipinski definition) is 0. The smallest absolute Gasteiger partial charge is 0 e. The van der Waals surface area contributed by atoms with E-state index in [0.29, 0.717) is 0 Å². The topological polar surface area (TPSA) is 0 Å². The van der Waals surface area contributed by atoms with E-state index < -0.39 is 0 Å². The predicted octanol–water partition coefficient (Wildman–Crippen LogP) is -1.52. The summed E-state index contributed by atoms with van der Waals surface area (Å²) in [5, 5.41) is 0. The van der Waals surface area contributed by atoms with Crippen LogP contribution >= 0.6 is 0 Å². The summed E-state index contributed by atoms with van der Waals surface area (Å²) in [6.45, 7) is 0. The van der Waals surface area contributed by atoms with Crippen LogP contribution in [0.5, 0.6) is 0 Å². The molecular formula is AlBiMgSb. The summed E-state index contributed by atoms with van der Waals surface area (Å²) in [6, 6.07) is 0. The van der Waals surface area contributed by atoms with Crippen molar-refractivity contribution in [2.75, 3.05) is 0 Å². The zero-order valence-electron chi connectivity index (χ0n) is 2.18. The minimum absolute atomic E-state index is 0. The van der Waals surface area contributed by atoms with Crippen LogP contribution in [0.3, 0.4) is 0 Å². The van der Waals surface area contributed by atoms with Gasteiger partial charge < -0.3 is 0 Å². The first kappa shape index (κ1) is 28.0. The minimum Gasteiger partial charge on any atom is 0 e. The van der Waals surface area contributed by atoms with E-state index in [9.17, 15) is 0 Å². The molecule has 0 atom stereocenters. The molecule has 0 nitrogen and oxygen atoms in total. The van der Waals surface area contributed by atoms with Crippen LogP contribution in [0.25, 0.3) is 0 Å². The Bertz CT molecular complexity index is 8.00. The first-order valence-electron chi connectivity index (χ1n) is 0. The third-order valence-corrected chi connectivity index (χ3v) is 0. The zero-order valence-corrected chi connectivity index (χ0v) is 10.8. The Morgan fingerprint density at radius 2 is 1.00 bits per heavy atom. The van der Waals surface area contributed by atoms with Gasteiger partial charge in [-0.15, -0.1) is 0 Å². The minimum atomic E-state index is 0. The van der Waals surface area contributed by atoms with Crippen LogP contribution in [-0.4, -0.2) is 91.0 Å². The first-order valence-corrected chi connectivity index (χ1v) is 0. The van der Waals surface area contributed by atoms with Gasteiger partial charge in [-0.25, -0.2) is 0 Å². The van der Waals surface area contributed by atoms with E-state index in [-0.39, 0.29) is 91.0 Å². The van der Waals surface area contributed by atoms with Gasteiger partial charge in [0.1, 0.15) is 0 Å². The normalized spacial score (nSPS) is 0. The fraction of sp³-hybridized carbons (Fsp3) is 0. The van der Waals surface area contributed by atoms with Gasteiger partial charge in [0, 0.05) is 91.0 Å². The Morgan fingerprint density at radius 3 is 1.00 bits per heavy atom. The SMILES string of the molecule is [Al].[Bi].[Mg].[Sb]. The van der Waals surface area contributed by atoms with Crippen LogP contribution < -0.4 is 0 Å². The molecule has 4 heavy (non-hydrogen) atoms. The fourth-order valence-corrected chi connectivity index (χ4v) is 0. The summed E-state index contributed by atoms with van der Waals surface area (Å²) >= 11 is 0. The van der Waals surface area contributed by atoms with Crippen LogP contribution in [0.1, 0.15) is 0 Å². The van der Waals surface area contributed by atoms with Gasteiger partial charge in [-0.1, -0.05) is 0 Å². The largest absolute Gasteiger partial charge is 0 e. The van der Waals surface area contributed by atoms with Crippen LogP contribution in [-0.2, 0) is 0 Å². The predicted molar refractivity (Wildman–Crippen MR) is 23.0 cm³/mol. The maximum Gasteiger partial charge on any atom is 0 e. The molecule has 0 rings (SSSR count). The summed E-state index contributed by atoms with van der Waals surface area (Å²) in [5.41, 5.74) is 0. The third kappa shape index (κ3) is 8.89. The van der Waals surface area contributed by atoms with Gasteiger partial charge in [0.15, 0.2) is 0 Å². The molecule has 0 unspecified atom stereocenters. The van der Waals surface area contributed by atoms with Gasteiger partial charge in [0.05, 0.1) is 0 Å². The summed E-state index contributed by atoms with van der Waals surface area (Å²) in [4.78, 5) is 0. The Balaban J connectivity index is 0. The zero-order chi connectivity index (χ0) is 0. The van der Waals surface area contributed by atoms with Gasteiger partial charge >= 0.3 is 0 Å². The molecule has 0 fully saturated rings. The van der Waals surface area contributed by atoms with Crippen LogP contribution in [0.4, 0.5) is 0 Å². The second-order valence-electron chi connectivity index (χ2n) is 0. The number of hydrogen-bond donors (Lipinski definition) is 0. The Hall–Kier alpha value is 3.00. The molecule has 15 valence electrons. The van der Waals surface area contributed by atoms with E-state index in [1.807, 2.05) is 0 Å². The van der Waals surface area contributed by atoms with Crippen molar-refractivity contribution in [3.05, 3.63) is 0 Å². The Morgan fingerprint density at radius 1 is 1.00 bits per heavy atom. The third-order valence-electron chi connectivity index (χ3n) is 0. The van der Waals surface area contributed by atoms with E-state index in [0.717, 1.165) is 0 Å². The molecule has 0 amide bonds. The molecular weight excluding hydrogens is 382 g/mol. The van der Waals surface area contributed by atoms with E-state index in [2.05, 4.69) is 0 Å². The van der Waals surface area contributed by atoms with Crippen LogP contribution in [0, 0.1) is 0 Å². The van der Waals surface area contributed by atoms with Gasteiger partial charge in [0.25, 0.3) is 0 Å². The fourth-order valence-electron chi connectivity index (χ4n) is 0.